The van der Waals surface area contributed by atoms with Gasteiger partial charge in [-0.2, -0.15) is 4.98 Å². The maximum Gasteiger partial charge on any atom is 0.236 e. The summed E-state index contributed by atoms with van der Waals surface area (Å²) in [6, 6.07) is 1.78. The molecule has 6 nitrogen and oxygen atoms in total. The Hall–Kier alpha value is -1.85. The van der Waals surface area contributed by atoms with Gasteiger partial charge in [0.05, 0.1) is 6.54 Å². The van der Waals surface area contributed by atoms with Crippen LogP contribution in [0.1, 0.15) is 19.8 Å². The maximum absolute atomic E-state index is 11.0. The highest BCUT2D eigenvalue weighted by Crippen LogP contribution is 2.12. The number of carbonyl (C=O) groups is 1. The van der Waals surface area contributed by atoms with Crippen LogP contribution in [0.25, 0.3) is 0 Å². The Bertz CT molecular complexity index is 369. The van der Waals surface area contributed by atoms with Crippen molar-refractivity contribution in [3.8, 4) is 0 Å². The van der Waals surface area contributed by atoms with Gasteiger partial charge in [0.2, 0.25) is 11.9 Å². The molecule has 1 heterocycles. The molecule has 17 heavy (non-hydrogen) atoms. The molecule has 0 saturated heterocycles. The first-order chi connectivity index (χ1) is 8.17. The molecule has 1 amide bonds. The lowest BCUT2D eigenvalue weighted by Gasteiger charge is -2.22. The van der Waals surface area contributed by atoms with E-state index in [2.05, 4.69) is 22.2 Å². The SMILES string of the molecule is CCCCN(CC(N)=O)c1ccnc(NC)n1. The van der Waals surface area contributed by atoms with Gasteiger partial charge in [-0.05, 0) is 12.5 Å². The van der Waals surface area contributed by atoms with Crippen molar-refractivity contribution in [2.45, 2.75) is 19.8 Å². The molecule has 0 radical (unpaired) electrons. The molecule has 0 aromatic carbocycles. The summed E-state index contributed by atoms with van der Waals surface area (Å²) in [7, 11) is 1.75. The first kappa shape index (κ1) is 13.2. The average molecular weight is 237 g/mol. The van der Waals surface area contributed by atoms with Gasteiger partial charge in [-0.3, -0.25) is 4.79 Å². The molecule has 0 saturated carbocycles. The van der Waals surface area contributed by atoms with Gasteiger partial charge >= 0.3 is 0 Å². The minimum Gasteiger partial charge on any atom is -0.368 e. The number of hydrogen-bond donors (Lipinski definition) is 2. The van der Waals surface area contributed by atoms with Crippen LogP contribution in [0.4, 0.5) is 11.8 Å². The minimum absolute atomic E-state index is 0.181. The number of carbonyl (C=O) groups excluding carboxylic acids is 1. The molecule has 0 atom stereocenters. The molecule has 0 fully saturated rings. The summed E-state index contributed by atoms with van der Waals surface area (Å²) in [4.78, 5) is 21.2. The second-order valence-corrected chi connectivity index (χ2v) is 3.73. The summed E-state index contributed by atoms with van der Waals surface area (Å²) in [5.41, 5.74) is 5.23. The van der Waals surface area contributed by atoms with Gasteiger partial charge in [0.1, 0.15) is 5.82 Å². The summed E-state index contributed by atoms with van der Waals surface area (Å²) < 4.78 is 0. The van der Waals surface area contributed by atoms with E-state index in [0.29, 0.717) is 5.95 Å². The Labute approximate surface area is 101 Å². The normalized spacial score (nSPS) is 10.0. The van der Waals surface area contributed by atoms with Crippen molar-refractivity contribution in [1.82, 2.24) is 9.97 Å². The first-order valence-corrected chi connectivity index (χ1v) is 5.71. The number of hydrogen-bond acceptors (Lipinski definition) is 5. The summed E-state index contributed by atoms with van der Waals surface area (Å²) >= 11 is 0. The summed E-state index contributed by atoms with van der Waals surface area (Å²) in [5.74, 6) is 0.899. The van der Waals surface area contributed by atoms with Gasteiger partial charge in [0.25, 0.3) is 0 Å². The fourth-order valence-electron chi connectivity index (χ4n) is 1.46. The summed E-state index contributed by atoms with van der Waals surface area (Å²) in [6.45, 7) is 3.04. The molecule has 0 aliphatic heterocycles. The molecule has 0 aliphatic rings. The van der Waals surface area contributed by atoms with Crippen molar-refractivity contribution in [2.24, 2.45) is 5.73 Å². The number of aromatic nitrogens is 2. The maximum atomic E-state index is 11.0. The highest BCUT2D eigenvalue weighted by molar-refractivity contribution is 5.79. The molecule has 0 bridgehead atoms. The number of nitrogens with two attached hydrogens (primary N) is 1. The van der Waals surface area contributed by atoms with E-state index in [1.54, 1.807) is 19.3 Å². The number of nitrogens with zero attached hydrogens (tertiary/aromatic N) is 3. The largest absolute Gasteiger partial charge is 0.368 e. The summed E-state index contributed by atoms with van der Waals surface area (Å²) in [5, 5.41) is 2.87. The molecule has 3 N–H and O–H groups in total. The van der Waals surface area contributed by atoms with Gasteiger partial charge in [-0.15, -0.1) is 0 Å². The zero-order valence-corrected chi connectivity index (χ0v) is 10.3. The smallest absolute Gasteiger partial charge is 0.236 e. The number of primary amides is 1. The van der Waals surface area contributed by atoms with E-state index in [1.165, 1.54) is 0 Å². The number of amides is 1. The Morgan fingerprint density at radius 1 is 1.59 bits per heavy atom. The lowest BCUT2D eigenvalue weighted by atomic mass is 10.3. The first-order valence-electron chi connectivity index (χ1n) is 5.71. The topological polar surface area (TPSA) is 84.1 Å². The molecule has 0 spiro atoms. The Balaban J connectivity index is 2.82. The molecule has 94 valence electrons. The predicted molar refractivity (Wildman–Crippen MR) is 67.9 cm³/mol. The highest BCUT2D eigenvalue weighted by atomic mass is 16.1. The lowest BCUT2D eigenvalue weighted by molar-refractivity contribution is -0.116. The van der Waals surface area contributed by atoms with Crippen LogP contribution >= 0.6 is 0 Å². The van der Waals surface area contributed by atoms with Crippen LogP contribution in [0.15, 0.2) is 12.3 Å². The van der Waals surface area contributed by atoms with Gasteiger partial charge < -0.3 is 16.0 Å². The molecule has 1 aromatic rings. The Morgan fingerprint density at radius 2 is 2.35 bits per heavy atom. The molecule has 1 aromatic heterocycles. The van der Waals surface area contributed by atoms with E-state index in [1.807, 2.05) is 4.90 Å². The second-order valence-electron chi connectivity index (χ2n) is 3.73. The predicted octanol–water partition coefficient (Wildman–Crippen LogP) is 0.610. The minimum atomic E-state index is -0.356. The molecular weight excluding hydrogens is 218 g/mol. The Kier molecular flexibility index (Phi) is 5.19. The van der Waals surface area contributed by atoms with E-state index < -0.39 is 0 Å². The fraction of sp³-hybridized carbons (Fsp3) is 0.545. The van der Waals surface area contributed by atoms with Crippen molar-refractivity contribution < 1.29 is 4.79 Å². The standard InChI is InChI=1S/C11H19N5O/c1-3-4-7-16(8-9(12)17)10-5-6-14-11(13-2)15-10/h5-6H,3-4,7-8H2,1-2H3,(H2,12,17)(H,13,14,15). The van der Waals surface area contributed by atoms with Crippen LogP contribution in [0, 0.1) is 0 Å². The average Bonchev–Trinajstić information content (AvgIpc) is 2.34. The van der Waals surface area contributed by atoms with Crippen molar-refractivity contribution in [2.75, 3.05) is 30.4 Å². The zero-order chi connectivity index (χ0) is 12.7. The van der Waals surface area contributed by atoms with Crippen LogP contribution in [-0.4, -0.2) is 36.0 Å². The second kappa shape index (κ2) is 6.67. The third-order valence-corrected chi connectivity index (χ3v) is 2.32. The molecular formula is C11H19N5O. The quantitative estimate of drug-likeness (QED) is 0.726. The van der Waals surface area contributed by atoms with Gasteiger partial charge in [-0.25, -0.2) is 4.98 Å². The molecule has 0 unspecified atom stereocenters. The van der Waals surface area contributed by atoms with Crippen LogP contribution in [-0.2, 0) is 4.79 Å². The van der Waals surface area contributed by atoms with Crippen molar-refractivity contribution in [3.05, 3.63) is 12.3 Å². The van der Waals surface area contributed by atoms with Gasteiger partial charge in [0.15, 0.2) is 0 Å². The van der Waals surface area contributed by atoms with E-state index >= 15 is 0 Å². The van der Waals surface area contributed by atoms with Crippen molar-refractivity contribution in [3.63, 3.8) is 0 Å². The van der Waals surface area contributed by atoms with E-state index in [4.69, 9.17) is 5.73 Å². The van der Waals surface area contributed by atoms with Crippen molar-refractivity contribution in [1.29, 1.82) is 0 Å². The zero-order valence-electron chi connectivity index (χ0n) is 10.3. The van der Waals surface area contributed by atoms with Crippen LogP contribution in [0.3, 0.4) is 0 Å². The number of anilines is 2. The molecule has 1 rings (SSSR count). The van der Waals surface area contributed by atoms with E-state index in [9.17, 15) is 4.79 Å². The van der Waals surface area contributed by atoms with Gasteiger partial charge in [-0.1, -0.05) is 13.3 Å². The summed E-state index contributed by atoms with van der Waals surface area (Å²) in [6.07, 6.45) is 3.71. The molecule has 0 aliphatic carbocycles. The lowest BCUT2D eigenvalue weighted by Crippen LogP contribution is -2.35. The molecule has 6 heteroatoms. The Morgan fingerprint density at radius 3 is 2.94 bits per heavy atom. The monoisotopic (exact) mass is 237 g/mol. The van der Waals surface area contributed by atoms with Crippen molar-refractivity contribution >= 4 is 17.7 Å². The van der Waals surface area contributed by atoms with Gasteiger partial charge in [0, 0.05) is 19.8 Å². The van der Waals surface area contributed by atoms with Crippen LogP contribution < -0.4 is 16.0 Å². The number of unbranched alkanes of at least 4 members (excludes halogenated alkanes) is 1. The third-order valence-electron chi connectivity index (χ3n) is 2.32. The number of nitrogens with one attached hydrogen (secondary N) is 1. The van der Waals surface area contributed by atoms with Crippen LogP contribution in [0.5, 0.6) is 0 Å². The fourth-order valence-corrected chi connectivity index (χ4v) is 1.46. The van der Waals surface area contributed by atoms with E-state index in [-0.39, 0.29) is 12.5 Å². The highest BCUT2D eigenvalue weighted by Gasteiger charge is 2.10. The third kappa shape index (κ3) is 4.26. The van der Waals surface area contributed by atoms with E-state index in [0.717, 1.165) is 25.2 Å². The van der Waals surface area contributed by atoms with Crippen LogP contribution in [0.2, 0.25) is 0 Å². The number of rotatable bonds is 7.